The highest BCUT2D eigenvalue weighted by atomic mass is 19.4. The van der Waals surface area contributed by atoms with Gasteiger partial charge < -0.3 is 11.1 Å². The maximum atomic E-state index is 13.0. The molecule has 1 aliphatic rings. The SMILES string of the molecule is Nc1ccc(-c2cccc(C3=Nc4ccc(C(F)(F)F)cc4NC(=O)C3)c2)cn1. The average molecular weight is 396 g/mol. The average Bonchev–Trinajstić information content (AvgIpc) is 2.85. The Bertz CT molecular complexity index is 1120. The molecule has 2 aromatic carbocycles. The van der Waals surface area contributed by atoms with E-state index in [1.54, 1.807) is 18.3 Å². The molecule has 1 aliphatic heterocycles. The molecule has 8 heteroatoms. The minimum absolute atomic E-state index is 0.0405. The monoisotopic (exact) mass is 396 g/mol. The fourth-order valence-electron chi connectivity index (χ4n) is 3.06. The first-order chi connectivity index (χ1) is 13.8. The summed E-state index contributed by atoms with van der Waals surface area (Å²) in [7, 11) is 0. The number of aromatic nitrogens is 1. The molecule has 3 N–H and O–H groups in total. The van der Waals surface area contributed by atoms with Crippen LogP contribution in [-0.2, 0) is 11.0 Å². The molecule has 0 spiro atoms. The summed E-state index contributed by atoms with van der Waals surface area (Å²) < 4.78 is 38.9. The molecule has 5 nitrogen and oxygen atoms in total. The van der Waals surface area contributed by atoms with Gasteiger partial charge in [0, 0.05) is 11.8 Å². The normalized spacial score (nSPS) is 13.9. The van der Waals surface area contributed by atoms with E-state index in [1.165, 1.54) is 6.07 Å². The minimum atomic E-state index is -4.50. The summed E-state index contributed by atoms with van der Waals surface area (Å²) in [6.07, 6.45) is -2.91. The van der Waals surface area contributed by atoms with Gasteiger partial charge in [0.25, 0.3) is 0 Å². The van der Waals surface area contributed by atoms with Gasteiger partial charge in [0.1, 0.15) is 5.82 Å². The van der Waals surface area contributed by atoms with Crippen molar-refractivity contribution in [2.45, 2.75) is 12.6 Å². The summed E-state index contributed by atoms with van der Waals surface area (Å²) in [5.41, 5.74) is 7.96. The van der Waals surface area contributed by atoms with Crippen LogP contribution in [0, 0.1) is 0 Å². The Hall–Kier alpha value is -3.68. The van der Waals surface area contributed by atoms with Crippen LogP contribution in [0.25, 0.3) is 11.1 Å². The summed E-state index contributed by atoms with van der Waals surface area (Å²) in [5.74, 6) is -0.0223. The number of nitrogens with zero attached hydrogens (tertiary/aromatic N) is 2. The van der Waals surface area contributed by atoms with E-state index < -0.39 is 17.6 Å². The van der Waals surface area contributed by atoms with Crippen molar-refractivity contribution < 1.29 is 18.0 Å². The van der Waals surface area contributed by atoms with Crippen LogP contribution in [-0.4, -0.2) is 16.6 Å². The van der Waals surface area contributed by atoms with Gasteiger partial charge in [-0.25, -0.2) is 4.98 Å². The zero-order chi connectivity index (χ0) is 20.6. The number of fused-ring (bicyclic) bond motifs is 1. The van der Waals surface area contributed by atoms with E-state index in [0.29, 0.717) is 17.1 Å². The third kappa shape index (κ3) is 3.96. The van der Waals surface area contributed by atoms with Gasteiger partial charge in [-0.2, -0.15) is 13.2 Å². The highest BCUT2D eigenvalue weighted by Crippen LogP contribution is 2.36. The van der Waals surface area contributed by atoms with Gasteiger partial charge in [-0.05, 0) is 47.5 Å². The lowest BCUT2D eigenvalue weighted by molar-refractivity contribution is -0.137. The molecule has 0 saturated carbocycles. The van der Waals surface area contributed by atoms with Crippen LogP contribution in [0.1, 0.15) is 17.5 Å². The number of hydrogen-bond acceptors (Lipinski definition) is 4. The van der Waals surface area contributed by atoms with Gasteiger partial charge in [0.15, 0.2) is 0 Å². The number of alkyl halides is 3. The molecule has 0 atom stereocenters. The van der Waals surface area contributed by atoms with E-state index in [1.807, 2.05) is 24.3 Å². The van der Waals surface area contributed by atoms with Gasteiger partial charge in [-0.3, -0.25) is 9.79 Å². The smallest absolute Gasteiger partial charge is 0.384 e. The van der Waals surface area contributed by atoms with E-state index in [0.717, 1.165) is 23.3 Å². The molecule has 3 aromatic rings. The number of benzene rings is 2. The first-order valence-electron chi connectivity index (χ1n) is 8.70. The second-order valence-corrected chi connectivity index (χ2v) is 6.57. The Morgan fingerprint density at radius 1 is 0.966 bits per heavy atom. The Balaban J connectivity index is 1.75. The van der Waals surface area contributed by atoms with Crippen molar-refractivity contribution in [3.8, 4) is 11.1 Å². The van der Waals surface area contributed by atoms with E-state index in [4.69, 9.17) is 5.73 Å². The third-order valence-electron chi connectivity index (χ3n) is 4.50. The number of nitrogen functional groups attached to an aromatic ring is 1. The van der Waals surface area contributed by atoms with Crippen molar-refractivity contribution in [2.24, 2.45) is 4.99 Å². The molecular weight excluding hydrogens is 381 g/mol. The highest BCUT2D eigenvalue weighted by Gasteiger charge is 2.31. The Morgan fingerprint density at radius 2 is 1.76 bits per heavy atom. The van der Waals surface area contributed by atoms with Crippen LogP contribution < -0.4 is 11.1 Å². The standard InChI is InChI=1S/C21H15F3N4O/c22-21(23,24)15-5-6-16-18(9-15)28-20(29)10-17(27-16)13-3-1-2-12(8-13)14-4-7-19(25)26-11-14/h1-9,11H,10H2,(H2,25,26)(H,28,29). The maximum Gasteiger partial charge on any atom is 0.416 e. The van der Waals surface area contributed by atoms with Crippen LogP contribution in [0.15, 0.2) is 65.8 Å². The number of carbonyl (C=O) groups is 1. The molecule has 0 unspecified atom stereocenters. The fraction of sp³-hybridized carbons (Fsp3) is 0.0952. The summed E-state index contributed by atoms with van der Waals surface area (Å²) >= 11 is 0. The number of hydrogen-bond donors (Lipinski definition) is 2. The molecule has 0 radical (unpaired) electrons. The molecule has 0 saturated heterocycles. The van der Waals surface area contributed by atoms with E-state index in [2.05, 4.69) is 15.3 Å². The molecule has 29 heavy (non-hydrogen) atoms. The molecule has 146 valence electrons. The fourth-order valence-corrected chi connectivity index (χ4v) is 3.06. The zero-order valence-electron chi connectivity index (χ0n) is 15.0. The molecule has 0 fully saturated rings. The zero-order valence-corrected chi connectivity index (χ0v) is 15.0. The number of rotatable bonds is 2. The molecule has 1 amide bonds. The molecule has 0 bridgehead atoms. The van der Waals surface area contributed by atoms with Crippen LogP contribution >= 0.6 is 0 Å². The van der Waals surface area contributed by atoms with Gasteiger partial charge in [-0.1, -0.05) is 18.2 Å². The van der Waals surface area contributed by atoms with Crippen molar-refractivity contribution in [3.05, 3.63) is 71.9 Å². The minimum Gasteiger partial charge on any atom is -0.384 e. The van der Waals surface area contributed by atoms with Gasteiger partial charge >= 0.3 is 6.18 Å². The van der Waals surface area contributed by atoms with Gasteiger partial charge in [-0.15, -0.1) is 0 Å². The van der Waals surface area contributed by atoms with E-state index in [9.17, 15) is 18.0 Å². The molecule has 4 rings (SSSR count). The van der Waals surface area contributed by atoms with Crippen LogP contribution in [0.5, 0.6) is 0 Å². The summed E-state index contributed by atoms with van der Waals surface area (Å²) in [4.78, 5) is 20.8. The van der Waals surface area contributed by atoms with Crippen molar-refractivity contribution in [1.82, 2.24) is 4.98 Å². The number of carbonyl (C=O) groups excluding carboxylic acids is 1. The topological polar surface area (TPSA) is 80.4 Å². The van der Waals surface area contributed by atoms with E-state index in [-0.39, 0.29) is 17.8 Å². The molecule has 1 aromatic heterocycles. The predicted octanol–water partition coefficient (Wildman–Crippen LogP) is 4.81. The number of amides is 1. The molecule has 0 aliphatic carbocycles. The highest BCUT2D eigenvalue weighted by molar-refractivity contribution is 6.17. The number of pyridine rings is 1. The first kappa shape index (κ1) is 18.7. The predicted molar refractivity (Wildman–Crippen MR) is 105 cm³/mol. The Labute approximate surface area is 164 Å². The van der Waals surface area contributed by atoms with Crippen molar-refractivity contribution >= 4 is 28.8 Å². The molecule has 2 heterocycles. The van der Waals surface area contributed by atoms with Crippen LogP contribution in [0.4, 0.5) is 30.4 Å². The van der Waals surface area contributed by atoms with Gasteiger partial charge in [0.05, 0.1) is 29.1 Å². The Kier molecular flexibility index (Phi) is 4.54. The second kappa shape index (κ2) is 7.05. The number of aliphatic imine (C=N–C) groups is 1. The van der Waals surface area contributed by atoms with Crippen molar-refractivity contribution in [2.75, 3.05) is 11.1 Å². The van der Waals surface area contributed by atoms with Gasteiger partial charge in [0.2, 0.25) is 5.91 Å². The second-order valence-electron chi connectivity index (χ2n) is 6.57. The quantitative estimate of drug-likeness (QED) is 0.652. The molecular formula is C21H15F3N4O. The summed E-state index contributed by atoms with van der Waals surface area (Å²) in [6.45, 7) is 0. The lowest BCUT2D eigenvalue weighted by atomic mass is 10.0. The first-order valence-corrected chi connectivity index (χ1v) is 8.70. The third-order valence-corrected chi connectivity index (χ3v) is 4.50. The number of anilines is 2. The van der Waals surface area contributed by atoms with Crippen LogP contribution in [0.2, 0.25) is 0 Å². The lowest BCUT2D eigenvalue weighted by Gasteiger charge is -2.10. The largest absolute Gasteiger partial charge is 0.416 e. The lowest BCUT2D eigenvalue weighted by Crippen LogP contribution is -2.15. The number of nitrogens with two attached hydrogens (primary N) is 1. The Morgan fingerprint density at radius 3 is 2.48 bits per heavy atom. The van der Waals surface area contributed by atoms with Crippen LogP contribution in [0.3, 0.4) is 0 Å². The number of nitrogens with one attached hydrogen (secondary N) is 1. The van der Waals surface area contributed by atoms with E-state index >= 15 is 0 Å². The van der Waals surface area contributed by atoms with Crippen molar-refractivity contribution in [3.63, 3.8) is 0 Å². The maximum absolute atomic E-state index is 13.0. The van der Waals surface area contributed by atoms with Crippen molar-refractivity contribution in [1.29, 1.82) is 0 Å². The summed E-state index contributed by atoms with van der Waals surface area (Å²) in [6, 6.07) is 14.0. The summed E-state index contributed by atoms with van der Waals surface area (Å²) in [5, 5.41) is 2.51. The number of halogens is 3.